The van der Waals surface area contributed by atoms with Gasteiger partial charge in [-0.3, -0.25) is 9.48 Å². The number of carbonyl (C=O) groups excluding carboxylic acids is 1. The van der Waals surface area contributed by atoms with E-state index in [2.05, 4.69) is 39.2 Å². The Morgan fingerprint density at radius 2 is 2.06 bits per heavy atom. The lowest BCUT2D eigenvalue weighted by molar-refractivity contribution is 0.0785. The standard InChI is InChI=1S/C22H26FN7O/c1-13(2)17(27-21-15-7-9-24-20(15)25-12-26-21)8-10-29(3)22(31)19-16-11-14(23)5-6-18(16)30(4)28-19/h5-7,9,11-13,17H,8,10H2,1-4H3,(H2,24,25,26,27)/t17-/m1/s1. The SMILES string of the molecule is CC(C)[C@@H](CCN(C)C(=O)c1nn(C)c2ccc(F)cc12)Nc1ncnc2[nH]ccc12. The number of rotatable bonds is 7. The third-order valence-corrected chi connectivity index (χ3v) is 5.62. The van der Waals surface area contributed by atoms with Crippen LogP contribution in [0, 0.1) is 11.7 Å². The number of amides is 1. The molecule has 4 aromatic rings. The molecule has 3 heterocycles. The fraction of sp³-hybridized carbons (Fsp3) is 0.364. The van der Waals surface area contributed by atoms with Gasteiger partial charge in [-0.15, -0.1) is 0 Å². The summed E-state index contributed by atoms with van der Waals surface area (Å²) in [7, 11) is 3.49. The van der Waals surface area contributed by atoms with Gasteiger partial charge in [-0.2, -0.15) is 5.10 Å². The quantitative estimate of drug-likeness (QED) is 0.474. The van der Waals surface area contributed by atoms with Crippen LogP contribution in [0.25, 0.3) is 21.9 Å². The van der Waals surface area contributed by atoms with Crippen LogP contribution in [-0.4, -0.2) is 55.2 Å². The number of hydrogen-bond acceptors (Lipinski definition) is 5. The van der Waals surface area contributed by atoms with E-state index in [4.69, 9.17) is 0 Å². The number of halogens is 1. The molecule has 0 aliphatic rings. The summed E-state index contributed by atoms with van der Waals surface area (Å²) in [6.45, 7) is 4.78. The number of hydrogen-bond donors (Lipinski definition) is 2. The Labute approximate surface area is 179 Å². The summed E-state index contributed by atoms with van der Waals surface area (Å²) < 4.78 is 15.3. The predicted octanol–water partition coefficient (Wildman–Crippen LogP) is 3.58. The van der Waals surface area contributed by atoms with Gasteiger partial charge < -0.3 is 15.2 Å². The molecule has 31 heavy (non-hydrogen) atoms. The lowest BCUT2D eigenvalue weighted by Gasteiger charge is -2.26. The van der Waals surface area contributed by atoms with E-state index < -0.39 is 0 Å². The Bertz CT molecular complexity index is 1230. The zero-order valence-corrected chi connectivity index (χ0v) is 18.1. The maximum Gasteiger partial charge on any atom is 0.274 e. The first-order chi connectivity index (χ1) is 14.8. The molecule has 4 rings (SSSR count). The number of nitrogens with zero attached hydrogens (tertiary/aromatic N) is 5. The first-order valence-corrected chi connectivity index (χ1v) is 10.3. The zero-order valence-electron chi connectivity index (χ0n) is 18.1. The van der Waals surface area contributed by atoms with Gasteiger partial charge >= 0.3 is 0 Å². The van der Waals surface area contributed by atoms with Gasteiger partial charge in [0.05, 0.1) is 10.9 Å². The van der Waals surface area contributed by atoms with Crippen LogP contribution in [-0.2, 0) is 7.05 Å². The third-order valence-electron chi connectivity index (χ3n) is 5.62. The van der Waals surface area contributed by atoms with E-state index >= 15 is 0 Å². The minimum Gasteiger partial charge on any atom is -0.366 e. The molecule has 2 N–H and O–H groups in total. The number of benzene rings is 1. The number of aromatic nitrogens is 5. The van der Waals surface area contributed by atoms with Crippen molar-refractivity contribution in [3.05, 3.63) is 48.3 Å². The second-order valence-corrected chi connectivity index (χ2v) is 8.11. The lowest BCUT2D eigenvalue weighted by atomic mass is 10.0. The van der Waals surface area contributed by atoms with E-state index in [-0.39, 0.29) is 23.5 Å². The molecule has 1 amide bonds. The molecule has 0 saturated heterocycles. The first kappa shape index (κ1) is 20.8. The van der Waals surface area contributed by atoms with Gasteiger partial charge in [0.1, 0.15) is 23.6 Å². The van der Waals surface area contributed by atoms with E-state index in [9.17, 15) is 9.18 Å². The van der Waals surface area contributed by atoms with Crippen molar-refractivity contribution in [2.24, 2.45) is 13.0 Å². The zero-order chi connectivity index (χ0) is 22.1. The van der Waals surface area contributed by atoms with Crippen LogP contribution < -0.4 is 5.32 Å². The molecule has 0 saturated carbocycles. The van der Waals surface area contributed by atoms with Crippen molar-refractivity contribution in [2.45, 2.75) is 26.3 Å². The van der Waals surface area contributed by atoms with E-state index in [0.29, 0.717) is 17.8 Å². The summed E-state index contributed by atoms with van der Waals surface area (Å²) >= 11 is 0. The summed E-state index contributed by atoms with van der Waals surface area (Å²) in [5, 5.41) is 9.29. The molecule has 0 unspecified atom stereocenters. The number of carbonyl (C=O) groups is 1. The molecule has 162 valence electrons. The molecule has 0 aliphatic heterocycles. The Morgan fingerprint density at radius 1 is 1.26 bits per heavy atom. The molecule has 0 radical (unpaired) electrons. The smallest absolute Gasteiger partial charge is 0.274 e. The Balaban J connectivity index is 1.48. The second kappa shape index (κ2) is 8.33. The molecule has 0 aliphatic carbocycles. The molecular formula is C22H26FN7O. The molecule has 0 bridgehead atoms. The first-order valence-electron chi connectivity index (χ1n) is 10.3. The number of aromatic amines is 1. The van der Waals surface area contributed by atoms with Crippen LogP contribution in [0.15, 0.2) is 36.8 Å². The highest BCUT2D eigenvalue weighted by atomic mass is 19.1. The highest BCUT2D eigenvalue weighted by molar-refractivity contribution is 6.04. The van der Waals surface area contributed by atoms with Crippen LogP contribution in [0.4, 0.5) is 10.2 Å². The average molecular weight is 423 g/mol. The van der Waals surface area contributed by atoms with E-state index in [1.807, 2.05) is 12.3 Å². The maximum absolute atomic E-state index is 13.7. The molecule has 8 nitrogen and oxygen atoms in total. The Morgan fingerprint density at radius 3 is 2.84 bits per heavy atom. The fourth-order valence-electron chi connectivity index (χ4n) is 3.75. The van der Waals surface area contributed by atoms with Gasteiger partial charge in [0.15, 0.2) is 5.69 Å². The van der Waals surface area contributed by atoms with Crippen molar-refractivity contribution in [1.82, 2.24) is 29.6 Å². The van der Waals surface area contributed by atoms with Crippen LogP contribution in [0.3, 0.4) is 0 Å². The highest BCUT2D eigenvalue weighted by Gasteiger charge is 2.22. The van der Waals surface area contributed by atoms with E-state index in [1.54, 1.807) is 29.7 Å². The van der Waals surface area contributed by atoms with Gasteiger partial charge in [-0.05, 0) is 36.6 Å². The molecule has 3 aromatic heterocycles. The predicted molar refractivity (Wildman–Crippen MR) is 118 cm³/mol. The van der Waals surface area contributed by atoms with Gasteiger partial charge in [0, 0.05) is 38.3 Å². The molecule has 0 spiro atoms. The van der Waals surface area contributed by atoms with Crippen LogP contribution in [0.5, 0.6) is 0 Å². The minimum atomic E-state index is -0.387. The number of anilines is 1. The summed E-state index contributed by atoms with van der Waals surface area (Å²) in [5.74, 6) is 0.471. The average Bonchev–Trinajstić information content (AvgIpc) is 3.35. The van der Waals surface area contributed by atoms with Gasteiger partial charge in [0.25, 0.3) is 5.91 Å². The minimum absolute atomic E-state index is 0.0983. The highest BCUT2D eigenvalue weighted by Crippen LogP contribution is 2.23. The number of aryl methyl sites for hydroxylation is 1. The van der Waals surface area contributed by atoms with Crippen molar-refractivity contribution in [3.63, 3.8) is 0 Å². The Hall–Kier alpha value is -3.49. The van der Waals surface area contributed by atoms with E-state index in [1.165, 1.54) is 18.5 Å². The molecule has 1 atom stereocenters. The van der Waals surface area contributed by atoms with Crippen molar-refractivity contribution in [2.75, 3.05) is 18.9 Å². The van der Waals surface area contributed by atoms with Crippen LogP contribution in [0.1, 0.15) is 30.8 Å². The number of fused-ring (bicyclic) bond motifs is 2. The molecular weight excluding hydrogens is 397 g/mol. The van der Waals surface area contributed by atoms with Gasteiger partial charge in [-0.1, -0.05) is 13.8 Å². The van der Waals surface area contributed by atoms with E-state index in [0.717, 1.165) is 28.8 Å². The molecule has 0 fully saturated rings. The number of H-pyrrole nitrogens is 1. The third kappa shape index (κ3) is 4.08. The topological polar surface area (TPSA) is 91.7 Å². The number of nitrogens with one attached hydrogen (secondary N) is 2. The van der Waals surface area contributed by atoms with Crippen LogP contribution in [0.2, 0.25) is 0 Å². The second-order valence-electron chi connectivity index (χ2n) is 8.11. The summed E-state index contributed by atoms with van der Waals surface area (Å²) in [6.07, 6.45) is 4.08. The van der Waals surface area contributed by atoms with Crippen molar-refractivity contribution < 1.29 is 9.18 Å². The Kier molecular flexibility index (Phi) is 5.58. The van der Waals surface area contributed by atoms with Gasteiger partial charge in [0.2, 0.25) is 0 Å². The van der Waals surface area contributed by atoms with Crippen LogP contribution >= 0.6 is 0 Å². The van der Waals surface area contributed by atoms with Gasteiger partial charge in [-0.25, -0.2) is 14.4 Å². The lowest BCUT2D eigenvalue weighted by Crippen LogP contribution is -2.34. The summed E-state index contributed by atoms with van der Waals surface area (Å²) in [6, 6.07) is 6.41. The van der Waals surface area contributed by atoms with Crippen molar-refractivity contribution >= 4 is 33.7 Å². The monoisotopic (exact) mass is 423 g/mol. The normalized spacial score (nSPS) is 12.6. The fourth-order valence-corrected chi connectivity index (χ4v) is 3.75. The maximum atomic E-state index is 13.7. The van der Waals surface area contributed by atoms with Crippen molar-refractivity contribution in [1.29, 1.82) is 0 Å². The summed E-state index contributed by atoms with van der Waals surface area (Å²) in [5.41, 5.74) is 1.76. The molecule has 1 aromatic carbocycles. The largest absolute Gasteiger partial charge is 0.366 e. The summed E-state index contributed by atoms with van der Waals surface area (Å²) in [4.78, 5) is 26.4. The molecule has 9 heteroatoms. The van der Waals surface area contributed by atoms with Crippen molar-refractivity contribution in [3.8, 4) is 0 Å².